The maximum Gasteiger partial charge on any atom is 0.240 e. The first-order chi connectivity index (χ1) is 10.1. The minimum atomic E-state index is -0.522. The van der Waals surface area contributed by atoms with Crippen LogP contribution in [0.25, 0.3) is 16.4 Å². The number of benzene rings is 1. The number of rotatable bonds is 4. The summed E-state index contributed by atoms with van der Waals surface area (Å²) >= 11 is 0. The summed E-state index contributed by atoms with van der Waals surface area (Å²) in [4.78, 5) is 16.1. The van der Waals surface area contributed by atoms with Crippen LogP contribution in [0.3, 0.4) is 0 Å². The summed E-state index contributed by atoms with van der Waals surface area (Å²) in [6.07, 6.45) is 1.67. The van der Waals surface area contributed by atoms with E-state index < -0.39 is 11.9 Å². The first-order valence-corrected chi connectivity index (χ1v) is 6.73. The van der Waals surface area contributed by atoms with Crippen LogP contribution in [0.1, 0.15) is 13.8 Å². The predicted molar refractivity (Wildman–Crippen MR) is 79.7 cm³/mol. The van der Waals surface area contributed by atoms with Gasteiger partial charge in [-0.25, -0.2) is 4.98 Å². The fourth-order valence-corrected chi connectivity index (χ4v) is 2.32. The lowest BCUT2D eigenvalue weighted by atomic mass is 10.0. The molecule has 2 heterocycles. The lowest BCUT2D eigenvalue weighted by Gasteiger charge is -2.19. The summed E-state index contributed by atoms with van der Waals surface area (Å²) in [6.45, 7) is 3.84. The topological polar surface area (TPSA) is 98.2 Å². The van der Waals surface area contributed by atoms with E-state index in [4.69, 9.17) is 5.73 Å². The molecule has 0 fully saturated rings. The molecule has 0 radical (unpaired) electrons. The molecule has 21 heavy (non-hydrogen) atoms. The third-order valence-electron chi connectivity index (χ3n) is 3.41. The molecule has 2 aromatic heterocycles. The first-order valence-electron chi connectivity index (χ1n) is 6.73. The van der Waals surface area contributed by atoms with Crippen molar-refractivity contribution in [3.05, 3.63) is 30.5 Å². The van der Waals surface area contributed by atoms with Gasteiger partial charge in [-0.15, -0.1) is 5.10 Å². The number of amides is 1. The Kier molecular flexibility index (Phi) is 3.17. The third-order valence-corrected chi connectivity index (χ3v) is 3.41. The number of nitrogens with two attached hydrogens (primary N) is 1. The predicted octanol–water partition coefficient (Wildman–Crippen LogP) is 1.20. The number of hydrogen-bond donors (Lipinski definition) is 2. The number of hydrogen-bond acceptors (Lipinski definition) is 5. The van der Waals surface area contributed by atoms with E-state index in [-0.39, 0.29) is 5.92 Å². The Labute approximate surface area is 121 Å². The molecule has 1 aromatic carbocycles. The van der Waals surface area contributed by atoms with Gasteiger partial charge in [0.2, 0.25) is 11.9 Å². The summed E-state index contributed by atoms with van der Waals surface area (Å²) in [5.41, 5.74) is 7.08. The highest BCUT2D eigenvalue weighted by Crippen LogP contribution is 2.21. The van der Waals surface area contributed by atoms with Crippen LogP contribution in [0.2, 0.25) is 0 Å². The van der Waals surface area contributed by atoms with Gasteiger partial charge in [-0.3, -0.25) is 4.79 Å². The average Bonchev–Trinajstić information content (AvgIpc) is 2.93. The van der Waals surface area contributed by atoms with E-state index in [2.05, 4.69) is 20.6 Å². The van der Waals surface area contributed by atoms with Gasteiger partial charge in [0.05, 0.1) is 17.2 Å². The van der Waals surface area contributed by atoms with Gasteiger partial charge >= 0.3 is 0 Å². The minimum absolute atomic E-state index is 0.0364. The minimum Gasteiger partial charge on any atom is -0.368 e. The number of anilines is 1. The zero-order valence-electron chi connectivity index (χ0n) is 11.8. The molecule has 0 spiro atoms. The lowest BCUT2D eigenvalue weighted by molar-refractivity contribution is -0.119. The van der Waals surface area contributed by atoms with Gasteiger partial charge < -0.3 is 11.1 Å². The molecular weight excluding hydrogens is 268 g/mol. The van der Waals surface area contributed by atoms with E-state index in [0.29, 0.717) is 5.95 Å². The molecule has 0 aliphatic carbocycles. The molecule has 1 amide bonds. The van der Waals surface area contributed by atoms with Crippen LogP contribution in [-0.4, -0.2) is 31.8 Å². The number of primary amides is 1. The average molecular weight is 284 g/mol. The van der Waals surface area contributed by atoms with Crippen LogP contribution in [-0.2, 0) is 4.79 Å². The monoisotopic (exact) mass is 284 g/mol. The first kappa shape index (κ1) is 13.3. The molecule has 0 unspecified atom stereocenters. The van der Waals surface area contributed by atoms with Gasteiger partial charge in [-0.1, -0.05) is 37.3 Å². The molecule has 0 aliphatic heterocycles. The molecule has 7 nitrogen and oxygen atoms in total. The van der Waals surface area contributed by atoms with Gasteiger partial charge in [0, 0.05) is 5.39 Å². The molecule has 1 atom stereocenters. The summed E-state index contributed by atoms with van der Waals surface area (Å²) in [7, 11) is 0. The number of carbonyl (C=O) groups excluding carboxylic acids is 1. The molecule has 3 aromatic rings. The van der Waals surface area contributed by atoms with Crippen molar-refractivity contribution in [1.29, 1.82) is 0 Å². The van der Waals surface area contributed by atoms with E-state index in [0.717, 1.165) is 16.4 Å². The molecule has 3 rings (SSSR count). The molecule has 0 aliphatic rings. The summed E-state index contributed by atoms with van der Waals surface area (Å²) < 4.78 is 1.58. The van der Waals surface area contributed by atoms with Gasteiger partial charge in [-0.05, 0) is 12.0 Å². The van der Waals surface area contributed by atoms with Crippen LogP contribution in [0, 0.1) is 5.92 Å². The Hall–Kier alpha value is -2.70. The van der Waals surface area contributed by atoms with Gasteiger partial charge in [0.1, 0.15) is 6.04 Å². The highest BCUT2D eigenvalue weighted by molar-refractivity contribution is 5.94. The van der Waals surface area contributed by atoms with Crippen molar-refractivity contribution < 1.29 is 4.79 Å². The number of para-hydroxylation sites is 1. The standard InChI is InChI=1S/C14H16N6O/c1-8(2)12(13(15)21)18-14-17-10-6-4-3-5-9(10)11-7-16-19-20(11)14/h3-8,12H,1-2H3,(H2,15,21)(H,17,18)/t12-/m0/s1. The van der Waals surface area contributed by atoms with E-state index >= 15 is 0 Å². The summed E-state index contributed by atoms with van der Waals surface area (Å²) in [5, 5.41) is 12.0. The van der Waals surface area contributed by atoms with Crippen molar-refractivity contribution in [3.63, 3.8) is 0 Å². The zero-order chi connectivity index (χ0) is 15.0. The molecule has 7 heteroatoms. The van der Waals surface area contributed by atoms with Crippen molar-refractivity contribution in [2.24, 2.45) is 11.7 Å². The van der Waals surface area contributed by atoms with Crippen LogP contribution in [0.5, 0.6) is 0 Å². The Bertz CT molecular complexity index is 809. The second kappa shape index (κ2) is 5.01. The van der Waals surface area contributed by atoms with Crippen LogP contribution < -0.4 is 11.1 Å². The van der Waals surface area contributed by atoms with Crippen molar-refractivity contribution in [2.75, 3.05) is 5.32 Å². The van der Waals surface area contributed by atoms with E-state index in [1.54, 1.807) is 10.7 Å². The zero-order valence-corrected chi connectivity index (χ0v) is 11.8. The maximum absolute atomic E-state index is 11.6. The van der Waals surface area contributed by atoms with Crippen LogP contribution in [0.15, 0.2) is 30.5 Å². The molecular formula is C14H16N6O. The number of carbonyl (C=O) groups is 1. The van der Waals surface area contributed by atoms with Crippen molar-refractivity contribution in [2.45, 2.75) is 19.9 Å². The Morgan fingerprint density at radius 1 is 1.33 bits per heavy atom. The smallest absolute Gasteiger partial charge is 0.240 e. The molecule has 108 valence electrons. The molecule has 0 saturated heterocycles. The fourth-order valence-electron chi connectivity index (χ4n) is 2.32. The van der Waals surface area contributed by atoms with Crippen molar-refractivity contribution in [3.8, 4) is 0 Å². The van der Waals surface area contributed by atoms with Crippen LogP contribution in [0.4, 0.5) is 5.95 Å². The van der Waals surface area contributed by atoms with E-state index in [1.165, 1.54) is 0 Å². The normalized spacial score (nSPS) is 12.9. The Balaban J connectivity index is 2.16. The molecule has 0 saturated carbocycles. The fraction of sp³-hybridized carbons (Fsp3) is 0.286. The quantitative estimate of drug-likeness (QED) is 0.750. The SMILES string of the molecule is CC(C)[C@H](Nc1nc2ccccc2c2cnnn12)C(N)=O. The number of aromatic nitrogens is 4. The number of nitrogens with zero attached hydrogens (tertiary/aromatic N) is 4. The summed E-state index contributed by atoms with van der Waals surface area (Å²) in [5.74, 6) is 0.0706. The van der Waals surface area contributed by atoms with E-state index in [9.17, 15) is 4.79 Å². The van der Waals surface area contributed by atoms with E-state index in [1.807, 2.05) is 38.1 Å². The largest absolute Gasteiger partial charge is 0.368 e. The Morgan fingerprint density at radius 3 is 2.81 bits per heavy atom. The molecule has 0 bridgehead atoms. The van der Waals surface area contributed by atoms with Gasteiger partial charge in [0.15, 0.2) is 0 Å². The maximum atomic E-state index is 11.6. The molecule has 3 N–H and O–H groups in total. The van der Waals surface area contributed by atoms with Crippen LogP contribution >= 0.6 is 0 Å². The Morgan fingerprint density at radius 2 is 2.10 bits per heavy atom. The summed E-state index contributed by atoms with van der Waals surface area (Å²) in [6, 6.07) is 7.19. The highest BCUT2D eigenvalue weighted by atomic mass is 16.1. The second-order valence-corrected chi connectivity index (χ2v) is 5.25. The van der Waals surface area contributed by atoms with Gasteiger partial charge in [0.25, 0.3) is 0 Å². The number of fused-ring (bicyclic) bond motifs is 3. The third kappa shape index (κ3) is 2.26. The second-order valence-electron chi connectivity index (χ2n) is 5.25. The van der Waals surface area contributed by atoms with Gasteiger partial charge in [-0.2, -0.15) is 4.52 Å². The van der Waals surface area contributed by atoms with Crippen molar-refractivity contribution >= 4 is 28.3 Å². The number of nitrogens with one attached hydrogen (secondary N) is 1. The highest BCUT2D eigenvalue weighted by Gasteiger charge is 2.21. The van der Waals surface area contributed by atoms with Crippen molar-refractivity contribution in [1.82, 2.24) is 19.8 Å². The lowest BCUT2D eigenvalue weighted by Crippen LogP contribution is -2.40.